The van der Waals surface area contributed by atoms with Crippen molar-refractivity contribution in [1.82, 2.24) is 9.97 Å². The summed E-state index contributed by atoms with van der Waals surface area (Å²) in [6.07, 6.45) is 1.78. The third-order valence-corrected chi connectivity index (χ3v) is 3.46. The highest BCUT2D eigenvalue weighted by atomic mass is 16.1. The predicted molar refractivity (Wildman–Crippen MR) is 102 cm³/mol. The summed E-state index contributed by atoms with van der Waals surface area (Å²) in [5.41, 5.74) is 2.34. The standard InChI is InChI=1S/C19H19N5O/c1-3-11-20-18-16-9-4-5-10-17(16)23-19(24-18)22-15-8-6-7-14(12-15)21-13(2)25/h3-10,12H,1,11H2,2H3,(H,21,25)(H2,20,22,23,24). The molecule has 2 aromatic carbocycles. The topological polar surface area (TPSA) is 78.9 Å². The van der Waals surface area contributed by atoms with Crippen molar-refractivity contribution in [3.8, 4) is 0 Å². The number of amides is 1. The number of rotatable bonds is 6. The van der Waals surface area contributed by atoms with Crippen LogP contribution in [-0.2, 0) is 4.79 Å². The van der Waals surface area contributed by atoms with Crippen LogP contribution in [0.15, 0.2) is 61.2 Å². The summed E-state index contributed by atoms with van der Waals surface area (Å²) < 4.78 is 0. The van der Waals surface area contributed by atoms with Crippen LogP contribution in [0.2, 0.25) is 0 Å². The molecule has 0 aliphatic rings. The number of anilines is 4. The molecule has 0 aliphatic carbocycles. The Morgan fingerprint density at radius 3 is 2.72 bits per heavy atom. The van der Waals surface area contributed by atoms with Crippen LogP contribution >= 0.6 is 0 Å². The molecule has 0 atom stereocenters. The Kier molecular flexibility index (Phi) is 4.89. The number of aromatic nitrogens is 2. The summed E-state index contributed by atoms with van der Waals surface area (Å²) in [6.45, 7) is 5.81. The second-order valence-corrected chi connectivity index (χ2v) is 5.47. The summed E-state index contributed by atoms with van der Waals surface area (Å²) in [5.74, 6) is 1.10. The van der Waals surface area contributed by atoms with E-state index in [9.17, 15) is 4.79 Å². The molecule has 1 aromatic heterocycles. The van der Waals surface area contributed by atoms with E-state index in [0.717, 1.165) is 22.4 Å². The third kappa shape index (κ3) is 4.11. The van der Waals surface area contributed by atoms with Crippen LogP contribution in [0.25, 0.3) is 10.9 Å². The Balaban J connectivity index is 1.93. The number of carbonyl (C=O) groups excluding carboxylic acids is 1. The van der Waals surface area contributed by atoms with E-state index in [-0.39, 0.29) is 5.91 Å². The maximum atomic E-state index is 11.2. The molecule has 1 heterocycles. The first-order valence-corrected chi connectivity index (χ1v) is 7.92. The molecule has 6 nitrogen and oxygen atoms in total. The monoisotopic (exact) mass is 333 g/mol. The quantitative estimate of drug-likeness (QED) is 0.596. The van der Waals surface area contributed by atoms with Crippen molar-refractivity contribution in [2.45, 2.75) is 6.92 Å². The molecule has 3 rings (SSSR count). The summed E-state index contributed by atoms with van der Waals surface area (Å²) in [4.78, 5) is 20.3. The minimum atomic E-state index is -0.116. The highest BCUT2D eigenvalue weighted by molar-refractivity contribution is 5.91. The first-order chi connectivity index (χ1) is 12.2. The van der Waals surface area contributed by atoms with Gasteiger partial charge >= 0.3 is 0 Å². The molecular formula is C19H19N5O. The van der Waals surface area contributed by atoms with Crippen LogP contribution < -0.4 is 16.0 Å². The van der Waals surface area contributed by atoms with Gasteiger partial charge in [0.2, 0.25) is 11.9 Å². The molecule has 25 heavy (non-hydrogen) atoms. The summed E-state index contributed by atoms with van der Waals surface area (Å²) in [6, 6.07) is 15.2. The molecule has 6 heteroatoms. The van der Waals surface area contributed by atoms with Gasteiger partial charge in [-0.3, -0.25) is 4.79 Å². The average Bonchev–Trinajstić information content (AvgIpc) is 2.59. The van der Waals surface area contributed by atoms with Crippen molar-refractivity contribution in [1.29, 1.82) is 0 Å². The van der Waals surface area contributed by atoms with Gasteiger partial charge in [0, 0.05) is 30.2 Å². The molecule has 3 aromatic rings. The first-order valence-electron chi connectivity index (χ1n) is 7.92. The first kappa shape index (κ1) is 16.4. The minimum Gasteiger partial charge on any atom is -0.366 e. The number of fused-ring (bicyclic) bond motifs is 1. The molecular weight excluding hydrogens is 314 g/mol. The fraction of sp³-hybridized carbons (Fsp3) is 0.105. The van der Waals surface area contributed by atoms with E-state index < -0.39 is 0 Å². The number of benzene rings is 2. The fourth-order valence-electron chi connectivity index (χ4n) is 2.44. The van der Waals surface area contributed by atoms with E-state index in [1.165, 1.54) is 6.92 Å². The lowest BCUT2D eigenvalue weighted by Crippen LogP contribution is -2.07. The van der Waals surface area contributed by atoms with Crippen LogP contribution in [-0.4, -0.2) is 22.4 Å². The van der Waals surface area contributed by atoms with E-state index in [2.05, 4.69) is 32.5 Å². The van der Waals surface area contributed by atoms with E-state index in [0.29, 0.717) is 18.2 Å². The molecule has 0 saturated carbocycles. The van der Waals surface area contributed by atoms with E-state index in [1.54, 1.807) is 6.08 Å². The lowest BCUT2D eigenvalue weighted by molar-refractivity contribution is -0.114. The van der Waals surface area contributed by atoms with Gasteiger partial charge in [-0.15, -0.1) is 6.58 Å². The zero-order valence-corrected chi connectivity index (χ0v) is 13.9. The Hall–Kier alpha value is -3.41. The van der Waals surface area contributed by atoms with Crippen molar-refractivity contribution in [3.63, 3.8) is 0 Å². The zero-order valence-electron chi connectivity index (χ0n) is 13.9. The third-order valence-electron chi connectivity index (χ3n) is 3.46. The number of nitrogens with one attached hydrogen (secondary N) is 3. The fourth-order valence-corrected chi connectivity index (χ4v) is 2.44. The number of para-hydroxylation sites is 1. The molecule has 0 bridgehead atoms. The van der Waals surface area contributed by atoms with Gasteiger partial charge < -0.3 is 16.0 Å². The minimum absolute atomic E-state index is 0.116. The van der Waals surface area contributed by atoms with Crippen molar-refractivity contribution in [3.05, 3.63) is 61.2 Å². The lowest BCUT2D eigenvalue weighted by Gasteiger charge is -2.11. The zero-order chi connectivity index (χ0) is 17.6. The van der Waals surface area contributed by atoms with Crippen molar-refractivity contribution < 1.29 is 4.79 Å². The van der Waals surface area contributed by atoms with Gasteiger partial charge in [-0.25, -0.2) is 4.98 Å². The Bertz CT molecular complexity index is 923. The van der Waals surface area contributed by atoms with Gasteiger partial charge in [-0.2, -0.15) is 4.98 Å². The maximum Gasteiger partial charge on any atom is 0.229 e. The number of nitrogens with zero attached hydrogens (tertiary/aromatic N) is 2. The Morgan fingerprint density at radius 2 is 1.92 bits per heavy atom. The van der Waals surface area contributed by atoms with Gasteiger partial charge in [0.05, 0.1) is 5.52 Å². The normalized spacial score (nSPS) is 10.3. The molecule has 0 saturated heterocycles. The van der Waals surface area contributed by atoms with Gasteiger partial charge in [-0.05, 0) is 30.3 Å². The van der Waals surface area contributed by atoms with E-state index in [1.807, 2.05) is 48.5 Å². The van der Waals surface area contributed by atoms with Crippen LogP contribution in [0, 0.1) is 0 Å². The molecule has 0 aliphatic heterocycles. The van der Waals surface area contributed by atoms with Crippen LogP contribution in [0.3, 0.4) is 0 Å². The van der Waals surface area contributed by atoms with Crippen molar-refractivity contribution in [2.24, 2.45) is 0 Å². The van der Waals surface area contributed by atoms with E-state index in [4.69, 9.17) is 0 Å². The number of hydrogen-bond donors (Lipinski definition) is 3. The summed E-state index contributed by atoms with van der Waals surface area (Å²) >= 11 is 0. The average molecular weight is 333 g/mol. The van der Waals surface area contributed by atoms with Crippen LogP contribution in [0.4, 0.5) is 23.1 Å². The van der Waals surface area contributed by atoms with Gasteiger partial charge in [0.15, 0.2) is 0 Å². The second-order valence-electron chi connectivity index (χ2n) is 5.47. The second kappa shape index (κ2) is 7.44. The highest BCUT2D eigenvalue weighted by Crippen LogP contribution is 2.24. The number of hydrogen-bond acceptors (Lipinski definition) is 5. The van der Waals surface area contributed by atoms with Gasteiger partial charge in [0.1, 0.15) is 5.82 Å². The number of carbonyl (C=O) groups is 1. The smallest absolute Gasteiger partial charge is 0.229 e. The predicted octanol–water partition coefficient (Wildman–Crippen LogP) is 3.93. The molecule has 0 fully saturated rings. The molecule has 0 unspecified atom stereocenters. The van der Waals surface area contributed by atoms with Crippen molar-refractivity contribution >= 4 is 40.0 Å². The molecule has 1 amide bonds. The lowest BCUT2D eigenvalue weighted by atomic mass is 10.2. The van der Waals surface area contributed by atoms with Crippen LogP contribution in [0.5, 0.6) is 0 Å². The molecule has 0 spiro atoms. The highest BCUT2D eigenvalue weighted by Gasteiger charge is 2.07. The Labute approximate surface area is 146 Å². The largest absolute Gasteiger partial charge is 0.366 e. The molecule has 3 N–H and O–H groups in total. The molecule has 126 valence electrons. The SMILES string of the molecule is C=CCNc1nc(Nc2cccc(NC(C)=O)c2)nc2ccccc12. The van der Waals surface area contributed by atoms with Gasteiger partial charge in [0.25, 0.3) is 0 Å². The Morgan fingerprint density at radius 1 is 1.12 bits per heavy atom. The summed E-state index contributed by atoms with van der Waals surface area (Å²) in [7, 11) is 0. The van der Waals surface area contributed by atoms with Gasteiger partial charge in [-0.1, -0.05) is 24.3 Å². The summed E-state index contributed by atoms with van der Waals surface area (Å²) in [5, 5.41) is 10.1. The maximum absolute atomic E-state index is 11.2. The van der Waals surface area contributed by atoms with E-state index >= 15 is 0 Å². The molecule has 0 radical (unpaired) electrons. The van der Waals surface area contributed by atoms with Crippen LogP contribution in [0.1, 0.15) is 6.92 Å². The van der Waals surface area contributed by atoms with Crippen molar-refractivity contribution in [2.75, 3.05) is 22.5 Å².